The van der Waals surface area contributed by atoms with Crippen LogP contribution in [0.4, 0.5) is 11.5 Å². The summed E-state index contributed by atoms with van der Waals surface area (Å²) in [6.45, 7) is 1.08. The summed E-state index contributed by atoms with van der Waals surface area (Å²) in [5.41, 5.74) is -0.735. The molecule has 0 radical (unpaired) electrons. The lowest BCUT2D eigenvalue weighted by molar-refractivity contribution is -0.114. The Morgan fingerprint density at radius 3 is 3.00 bits per heavy atom. The van der Waals surface area contributed by atoms with Crippen LogP contribution < -0.4 is 10.6 Å². The third kappa shape index (κ3) is 2.01. The number of anilines is 2. The number of hydrogen-bond donors (Lipinski definition) is 5. The Kier molecular flexibility index (Phi) is 3.25. The Labute approximate surface area is 136 Å². The molecular weight excluding hydrogens is 318 g/mol. The van der Waals surface area contributed by atoms with Crippen molar-refractivity contribution < 1.29 is 24.9 Å². The summed E-state index contributed by atoms with van der Waals surface area (Å²) in [6.07, 6.45) is -0.257. The number of rotatable bonds is 2. The van der Waals surface area contributed by atoms with Crippen molar-refractivity contribution in [1.82, 2.24) is 14.5 Å². The van der Waals surface area contributed by atoms with Crippen molar-refractivity contribution in [2.75, 3.05) is 23.8 Å². The summed E-state index contributed by atoms with van der Waals surface area (Å²) in [5, 5.41) is 36.4. The Balaban J connectivity index is 1.88. The van der Waals surface area contributed by atoms with Crippen molar-refractivity contribution in [3.63, 3.8) is 0 Å². The van der Waals surface area contributed by atoms with Crippen LogP contribution in [-0.2, 0) is 9.53 Å². The van der Waals surface area contributed by atoms with Gasteiger partial charge in [-0.3, -0.25) is 4.79 Å². The summed E-state index contributed by atoms with van der Waals surface area (Å²) in [7, 11) is 0. The minimum atomic E-state index is -1.65. The van der Waals surface area contributed by atoms with Gasteiger partial charge < -0.3 is 35.3 Å². The van der Waals surface area contributed by atoms with Crippen LogP contribution >= 0.6 is 0 Å². The standard InChI is InChI=1S/C14H17N5O5/c1-14(23)10(22)7(4-20)24-13(14)19-3-6-9-11(15-2-8(21)18-6)16-5-17-12(9)19/h3,5,7,10,13,20,22-23H,2,4H2,1H3,(H,18,21)(H,15,16,17)/t7-,10-,13?,14+/m1/s1. The van der Waals surface area contributed by atoms with Crippen LogP contribution in [0.5, 0.6) is 0 Å². The molecule has 0 saturated carbocycles. The molecule has 0 aromatic carbocycles. The molecule has 2 aliphatic rings. The monoisotopic (exact) mass is 335 g/mol. The molecule has 4 atom stereocenters. The molecule has 10 nitrogen and oxygen atoms in total. The van der Waals surface area contributed by atoms with Crippen LogP contribution in [0, 0.1) is 0 Å². The number of ether oxygens (including phenoxy) is 1. The summed E-state index contributed by atoms with van der Waals surface area (Å²) < 4.78 is 7.16. The quantitative estimate of drug-likeness (QED) is 0.460. The zero-order chi connectivity index (χ0) is 17.1. The van der Waals surface area contributed by atoms with Gasteiger partial charge in [0, 0.05) is 6.20 Å². The zero-order valence-electron chi connectivity index (χ0n) is 12.8. The van der Waals surface area contributed by atoms with Crippen molar-refractivity contribution in [3.05, 3.63) is 12.5 Å². The zero-order valence-corrected chi connectivity index (χ0v) is 12.8. The minimum absolute atomic E-state index is 0.0870. The van der Waals surface area contributed by atoms with Crippen molar-refractivity contribution >= 4 is 28.4 Å². The van der Waals surface area contributed by atoms with Crippen LogP contribution in [0.15, 0.2) is 12.5 Å². The lowest BCUT2D eigenvalue weighted by atomic mass is 9.96. The predicted octanol–water partition coefficient (Wildman–Crippen LogP) is -1.20. The number of aromatic nitrogens is 3. The largest absolute Gasteiger partial charge is 0.394 e. The van der Waals surface area contributed by atoms with E-state index in [-0.39, 0.29) is 12.5 Å². The van der Waals surface area contributed by atoms with Gasteiger partial charge in [0.25, 0.3) is 0 Å². The van der Waals surface area contributed by atoms with Gasteiger partial charge in [0.1, 0.15) is 35.6 Å². The lowest BCUT2D eigenvalue weighted by Crippen LogP contribution is -2.44. The van der Waals surface area contributed by atoms with E-state index in [9.17, 15) is 20.1 Å². The molecule has 2 aromatic rings. The average Bonchev–Trinajstić information content (AvgIpc) is 2.95. The van der Waals surface area contributed by atoms with Crippen LogP contribution in [0.25, 0.3) is 11.0 Å². The van der Waals surface area contributed by atoms with E-state index in [0.29, 0.717) is 22.5 Å². The summed E-state index contributed by atoms with van der Waals surface area (Å²) in [6, 6.07) is 0. The van der Waals surface area contributed by atoms with Gasteiger partial charge in [-0.05, 0) is 6.92 Å². The number of aliphatic hydroxyl groups is 3. The van der Waals surface area contributed by atoms with E-state index >= 15 is 0 Å². The Morgan fingerprint density at radius 2 is 2.29 bits per heavy atom. The molecule has 5 N–H and O–H groups in total. The Bertz CT molecular complexity index is 819. The van der Waals surface area contributed by atoms with E-state index in [1.807, 2.05) is 0 Å². The molecule has 24 heavy (non-hydrogen) atoms. The molecule has 1 amide bonds. The second kappa shape index (κ2) is 5.11. The average molecular weight is 335 g/mol. The van der Waals surface area contributed by atoms with Gasteiger partial charge in [0.2, 0.25) is 5.91 Å². The van der Waals surface area contributed by atoms with Crippen LogP contribution in [-0.4, -0.2) is 66.7 Å². The molecule has 128 valence electrons. The highest BCUT2D eigenvalue weighted by molar-refractivity contribution is 6.09. The molecule has 0 aliphatic carbocycles. The Hall–Kier alpha value is -2.27. The van der Waals surface area contributed by atoms with Crippen molar-refractivity contribution in [2.45, 2.75) is 31.0 Å². The topological polar surface area (TPSA) is 142 Å². The Morgan fingerprint density at radius 1 is 1.50 bits per heavy atom. The van der Waals surface area contributed by atoms with Gasteiger partial charge in [-0.25, -0.2) is 9.97 Å². The number of carbonyl (C=O) groups excluding carboxylic acids is 1. The molecule has 1 saturated heterocycles. The minimum Gasteiger partial charge on any atom is -0.394 e. The van der Waals surface area contributed by atoms with Gasteiger partial charge in [0.05, 0.1) is 24.2 Å². The SMILES string of the molecule is C[C@@]1(O)C(n2cc3c4c(ncnc42)NCC(=O)N3)O[C@H](CO)[C@H]1O. The van der Waals surface area contributed by atoms with Crippen LogP contribution in [0.3, 0.4) is 0 Å². The summed E-state index contributed by atoms with van der Waals surface area (Å²) >= 11 is 0. The maximum atomic E-state index is 11.8. The second-order valence-corrected chi connectivity index (χ2v) is 6.15. The van der Waals surface area contributed by atoms with Crippen molar-refractivity contribution in [2.24, 2.45) is 0 Å². The summed E-state index contributed by atoms with van der Waals surface area (Å²) in [4.78, 5) is 20.2. The van der Waals surface area contributed by atoms with Gasteiger partial charge in [-0.2, -0.15) is 0 Å². The first-order valence-electron chi connectivity index (χ1n) is 7.49. The maximum absolute atomic E-state index is 11.8. The maximum Gasteiger partial charge on any atom is 0.243 e. The van der Waals surface area contributed by atoms with Gasteiger partial charge >= 0.3 is 0 Å². The van der Waals surface area contributed by atoms with E-state index in [4.69, 9.17) is 4.74 Å². The number of amides is 1. The van der Waals surface area contributed by atoms with Crippen LogP contribution in [0.1, 0.15) is 13.2 Å². The molecular formula is C14H17N5O5. The number of aliphatic hydroxyl groups excluding tert-OH is 2. The normalized spacial score (nSPS) is 32.5. The fourth-order valence-corrected chi connectivity index (χ4v) is 3.24. The molecule has 2 aromatic heterocycles. The van der Waals surface area contributed by atoms with E-state index in [2.05, 4.69) is 20.6 Å². The first kappa shape index (κ1) is 15.3. The van der Waals surface area contributed by atoms with E-state index in [1.54, 1.807) is 6.20 Å². The highest BCUT2D eigenvalue weighted by Crippen LogP contribution is 2.42. The second-order valence-electron chi connectivity index (χ2n) is 6.15. The van der Waals surface area contributed by atoms with Crippen molar-refractivity contribution in [1.29, 1.82) is 0 Å². The molecule has 0 spiro atoms. The predicted molar refractivity (Wildman–Crippen MR) is 82.3 cm³/mol. The molecule has 10 heteroatoms. The first-order chi connectivity index (χ1) is 11.4. The smallest absolute Gasteiger partial charge is 0.243 e. The van der Waals surface area contributed by atoms with Gasteiger partial charge in [-0.1, -0.05) is 0 Å². The molecule has 4 rings (SSSR count). The van der Waals surface area contributed by atoms with E-state index < -0.39 is 30.6 Å². The van der Waals surface area contributed by atoms with Gasteiger partial charge in [-0.15, -0.1) is 0 Å². The lowest BCUT2D eigenvalue weighted by Gasteiger charge is -2.27. The molecule has 4 heterocycles. The number of carbonyl (C=O) groups is 1. The van der Waals surface area contributed by atoms with Gasteiger partial charge in [0.15, 0.2) is 6.23 Å². The van der Waals surface area contributed by atoms with E-state index in [1.165, 1.54) is 17.8 Å². The highest BCUT2D eigenvalue weighted by Gasteiger charge is 2.53. The molecule has 1 fully saturated rings. The van der Waals surface area contributed by atoms with E-state index in [0.717, 1.165) is 0 Å². The number of nitrogens with one attached hydrogen (secondary N) is 2. The van der Waals surface area contributed by atoms with Crippen molar-refractivity contribution in [3.8, 4) is 0 Å². The highest BCUT2D eigenvalue weighted by atomic mass is 16.6. The molecule has 0 bridgehead atoms. The molecule has 1 unspecified atom stereocenters. The number of nitrogens with zero attached hydrogens (tertiary/aromatic N) is 3. The number of hydrogen-bond acceptors (Lipinski definition) is 8. The fourth-order valence-electron chi connectivity index (χ4n) is 3.24. The first-order valence-corrected chi connectivity index (χ1v) is 7.49. The fraction of sp³-hybridized carbons (Fsp3) is 0.500. The third-order valence-corrected chi connectivity index (χ3v) is 4.49. The summed E-state index contributed by atoms with van der Waals surface area (Å²) in [5.74, 6) is 0.253. The molecule has 2 aliphatic heterocycles. The van der Waals surface area contributed by atoms with Crippen LogP contribution in [0.2, 0.25) is 0 Å². The third-order valence-electron chi connectivity index (χ3n) is 4.49.